The number of carbonyl (C=O) groups is 1. The molecule has 0 aromatic heterocycles. The minimum atomic E-state index is 0.157. The van der Waals surface area contributed by atoms with Crippen LogP contribution in [0, 0.1) is 11.3 Å². The molecule has 0 bridgehead atoms. The number of benzene rings is 1. The number of rotatable bonds is 2. The summed E-state index contributed by atoms with van der Waals surface area (Å²) in [5.41, 5.74) is 7.71. The van der Waals surface area contributed by atoms with Crippen LogP contribution in [-0.2, 0) is 11.3 Å². The van der Waals surface area contributed by atoms with Gasteiger partial charge in [-0.15, -0.1) is 0 Å². The summed E-state index contributed by atoms with van der Waals surface area (Å²) in [6.07, 6.45) is 0.629. The number of anilines is 1. The van der Waals surface area contributed by atoms with Crippen LogP contribution in [0.1, 0.15) is 32.8 Å². The summed E-state index contributed by atoms with van der Waals surface area (Å²) in [7, 11) is 0. The topological polar surface area (TPSA) is 46.3 Å². The van der Waals surface area contributed by atoms with E-state index in [1.54, 1.807) is 12.1 Å². The highest BCUT2D eigenvalue weighted by molar-refractivity contribution is 6.30. The lowest BCUT2D eigenvalue weighted by molar-refractivity contribution is -0.128. The first-order valence-corrected chi connectivity index (χ1v) is 6.97. The number of carbonyl (C=O) groups excluding carboxylic acids is 1. The predicted molar refractivity (Wildman–Crippen MR) is 78.8 cm³/mol. The maximum Gasteiger partial charge on any atom is 0.223 e. The average molecular weight is 281 g/mol. The Bertz CT molecular complexity index is 493. The zero-order chi connectivity index (χ0) is 14.2. The number of hydrogen-bond acceptors (Lipinski definition) is 2. The summed E-state index contributed by atoms with van der Waals surface area (Å²) in [4.78, 5) is 14.0. The molecule has 3 nitrogen and oxygen atoms in total. The van der Waals surface area contributed by atoms with Crippen LogP contribution in [0.2, 0.25) is 5.02 Å². The van der Waals surface area contributed by atoms with Crippen molar-refractivity contribution in [3.05, 3.63) is 28.8 Å². The molecule has 4 heteroatoms. The van der Waals surface area contributed by atoms with Gasteiger partial charge >= 0.3 is 0 Å². The first-order valence-electron chi connectivity index (χ1n) is 6.59. The Morgan fingerprint density at radius 3 is 2.68 bits per heavy atom. The quantitative estimate of drug-likeness (QED) is 0.845. The molecule has 1 atom stereocenters. The van der Waals surface area contributed by atoms with E-state index in [2.05, 4.69) is 20.8 Å². The molecule has 2 rings (SSSR count). The van der Waals surface area contributed by atoms with E-state index in [1.807, 2.05) is 11.0 Å². The van der Waals surface area contributed by atoms with Gasteiger partial charge < -0.3 is 10.6 Å². The second-order valence-corrected chi connectivity index (χ2v) is 6.82. The van der Waals surface area contributed by atoms with Crippen LogP contribution in [0.3, 0.4) is 0 Å². The van der Waals surface area contributed by atoms with E-state index >= 15 is 0 Å². The van der Waals surface area contributed by atoms with Crippen LogP contribution in [-0.4, -0.2) is 17.4 Å². The number of nitrogens with zero attached hydrogens (tertiary/aromatic N) is 1. The normalized spacial score (nSPS) is 20.1. The molecule has 1 saturated heterocycles. The van der Waals surface area contributed by atoms with Gasteiger partial charge in [-0.05, 0) is 35.1 Å². The molecule has 104 valence electrons. The summed E-state index contributed by atoms with van der Waals surface area (Å²) >= 11 is 5.98. The van der Waals surface area contributed by atoms with Crippen LogP contribution in [0.5, 0.6) is 0 Å². The molecular formula is C15H21ClN2O. The number of nitrogens with two attached hydrogens (primary N) is 1. The van der Waals surface area contributed by atoms with Gasteiger partial charge in [0.1, 0.15) is 0 Å². The molecule has 1 aliphatic heterocycles. The summed E-state index contributed by atoms with van der Waals surface area (Å²) in [5, 5.41) is 0.656. The third-order valence-electron chi connectivity index (χ3n) is 3.91. The molecule has 19 heavy (non-hydrogen) atoms. The van der Waals surface area contributed by atoms with Crippen LogP contribution in [0.4, 0.5) is 5.69 Å². The highest BCUT2D eigenvalue weighted by atomic mass is 35.5. The van der Waals surface area contributed by atoms with E-state index < -0.39 is 0 Å². The van der Waals surface area contributed by atoms with E-state index in [1.165, 1.54) is 0 Å². The third kappa shape index (κ3) is 3.21. The molecule has 1 amide bonds. The first-order chi connectivity index (χ1) is 8.77. The monoisotopic (exact) mass is 280 g/mol. The maximum atomic E-state index is 12.1. The Balaban J connectivity index is 2.12. The van der Waals surface area contributed by atoms with Crippen molar-refractivity contribution < 1.29 is 4.79 Å². The highest BCUT2D eigenvalue weighted by Crippen LogP contribution is 2.35. The van der Waals surface area contributed by atoms with Crippen molar-refractivity contribution in [2.45, 2.75) is 33.7 Å². The van der Waals surface area contributed by atoms with Crippen molar-refractivity contribution in [1.82, 2.24) is 4.90 Å². The molecule has 1 aromatic carbocycles. The fraction of sp³-hybridized carbons (Fsp3) is 0.533. The van der Waals surface area contributed by atoms with Crippen LogP contribution < -0.4 is 5.73 Å². The predicted octanol–water partition coefficient (Wildman–Crippen LogP) is 3.32. The van der Waals surface area contributed by atoms with Gasteiger partial charge in [-0.2, -0.15) is 0 Å². The first kappa shape index (κ1) is 14.2. The summed E-state index contributed by atoms with van der Waals surface area (Å²) in [6.45, 7) is 7.90. The van der Waals surface area contributed by atoms with E-state index in [9.17, 15) is 4.79 Å². The Labute approximate surface area is 119 Å². The molecule has 2 N–H and O–H groups in total. The van der Waals surface area contributed by atoms with Gasteiger partial charge in [0, 0.05) is 30.2 Å². The Kier molecular flexibility index (Phi) is 3.77. The Morgan fingerprint density at radius 2 is 2.11 bits per heavy atom. The van der Waals surface area contributed by atoms with Gasteiger partial charge in [-0.25, -0.2) is 0 Å². The minimum Gasteiger partial charge on any atom is -0.398 e. The zero-order valence-electron chi connectivity index (χ0n) is 11.7. The van der Waals surface area contributed by atoms with Crippen LogP contribution in [0.25, 0.3) is 0 Å². The van der Waals surface area contributed by atoms with Crippen LogP contribution >= 0.6 is 11.6 Å². The fourth-order valence-corrected chi connectivity index (χ4v) is 2.62. The Hall–Kier alpha value is -1.22. The number of likely N-dealkylation sites (tertiary alicyclic amines) is 1. The third-order valence-corrected chi connectivity index (χ3v) is 4.14. The van der Waals surface area contributed by atoms with Gasteiger partial charge in [0.05, 0.1) is 0 Å². The maximum absolute atomic E-state index is 12.1. The number of halogens is 1. The molecule has 0 spiro atoms. The largest absolute Gasteiger partial charge is 0.398 e. The number of hydrogen-bond donors (Lipinski definition) is 1. The van der Waals surface area contributed by atoms with Crippen molar-refractivity contribution in [1.29, 1.82) is 0 Å². The van der Waals surface area contributed by atoms with Crippen molar-refractivity contribution in [2.24, 2.45) is 11.3 Å². The van der Waals surface area contributed by atoms with Crippen LogP contribution in [0.15, 0.2) is 18.2 Å². The van der Waals surface area contributed by atoms with E-state index in [0.29, 0.717) is 29.6 Å². The summed E-state index contributed by atoms with van der Waals surface area (Å²) in [5.74, 6) is 0.611. The SMILES string of the molecule is CC(C)(C)C1CC(=O)N(Cc2cc(Cl)ccc2N)C1. The lowest BCUT2D eigenvalue weighted by Crippen LogP contribution is -2.27. The van der Waals surface area contributed by atoms with Crippen molar-refractivity contribution in [3.63, 3.8) is 0 Å². The second-order valence-electron chi connectivity index (χ2n) is 6.38. The summed E-state index contributed by atoms with van der Waals surface area (Å²) < 4.78 is 0. The van der Waals surface area contributed by atoms with Gasteiger partial charge in [0.2, 0.25) is 5.91 Å². The lowest BCUT2D eigenvalue weighted by atomic mass is 9.80. The van der Waals surface area contributed by atoms with Crippen molar-refractivity contribution >= 4 is 23.2 Å². The minimum absolute atomic E-state index is 0.157. The molecule has 1 aliphatic rings. The molecular weight excluding hydrogens is 260 g/mol. The average Bonchev–Trinajstić information content (AvgIpc) is 2.65. The van der Waals surface area contributed by atoms with E-state index in [-0.39, 0.29) is 11.3 Å². The van der Waals surface area contributed by atoms with E-state index in [4.69, 9.17) is 17.3 Å². The Morgan fingerprint density at radius 1 is 1.42 bits per heavy atom. The molecule has 1 fully saturated rings. The van der Waals surface area contributed by atoms with Gasteiger partial charge in [-0.1, -0.05) is 32.4 Å². The molecule has 0 saturated carbocycles. The molecule has 1 unspecified atom stereocenters. The summed E-state index contributed by atoms with van der Waals surface area (Å²) in [6, 6.07) is 5.40. The number of amides is 1. The van der Waals surface area contributed by atoms with E-state index in [0.717, 1.165) is 12.1 Å². The van der Waals surface area contributed by atoms with Gasteiger partial charge in [-0.3, -0.25) is 4.79 Å². The fourth-order valence-electron chi connectivity index (χ4n) is 2.42. The van der Waals surface area contributed by atoms with Crippen molar-refractivity contribution in [2.75, 3.05) is 12.3 Å². The highest BCUT2D eigenvalue weighted by Gasteiger charge is 2.36. The zero-order valence-corrected chi connectivity index (χ0v) is 12.5. The van der Waals surface area contributed by atoms with Crippen molar-refractivity contribution in [3.8, 4) is 0 Å². The molecule has 1 aromatic rings. The number of nitrogen functional groups attached to an aromatic ring is 1. The van der Waals surface area contributed by atoms with Gasteiger partial charge in [0.25, 0.3) is 0 Å². The standard InChI is InChI=1S/C15H21ClN2O/c1-15(2,3)11-7-14(19)18(9-11)8-10-6-12(16)4-5-13(10)17/h4-6,11H,7-9,17H2,1-3H3. The molecule has 0 radical (unpaired) electrons. The lowest BCUT2D eigenvalue weighted by Gasteiger charge is -2.26. The smallest absolute Gasteiger partial charge is 0.223 e. The molecule has 0 aliphatic carbocycles. The van der Waals surface area contributed by atoms with Gasteiger partial charge in [0.15, 0.2) is 0 Å². The second kappa shape index (κ2) is 5.04. The molecule has 1 heterocycles.